The first kappa shape index (κ1) is 27.3. The predicted molar refractivity (Wildman–Crippen MR) is 162 cm³/mol. The maximum absolute atomic E-state index is 12.3. The number of likely N-dealkylation sites (tertiary alicyclic amines) is 1. The van der Waals surface area contributed by atoms with E-state index in [1.165, 1.54) is 6.33 Å². The van der Waals surface area contributed by atoms with Gasteiger partial charge in [0.1, 0.15) is 48.3 Å². The Bertz CT molecular complexity index is 1930. The van der Waals surface area contributed by atoms with Crippen LogP contribution < -0.4 is 15.4 Å². The number of carbonyl (C=O) groups is 1. The summed E-state index contributed by atoms with van der Waals surface area (Å²) in [5.74, 6) is 1.74. The van der Waals surface area contributed by atoms with Crippen LogP contribution in [0.25, 0.3) is 16.6 Å². The fourth-order valence-electron chi connectivity index (χ4n) is 5.04. The van der Waals surface area contributed by atoms with Crippen LogP contribution in [0.5, 0.6) is 11.6 Å². The van der Waals surface area contributed by atoms with E-state index >= 15 is 0 Å². The van der Waals surface area contributed by atoms with E-state index in [0.29, 0.717) is 48.8 Å². The topological polar surface area (TPSA) is 153 Å². The van der Waals surface area contributed by atoms with Gasteiger partial charge >= 0.3 is 6.09 Å². The van der Waals surface area contributed by atoms with Crippen molar-refractivity contribution in [3.63, 3.8) is 0 Å². The number of carbonyl (C=O) groups excluding carboxylic acids is 1. The molecule has 1 amide bonds. The fraction of sp³-hybridized carbons (Fsp3) is 0.300. The SMILES string of the molecule is Cc1cc(Nc2ncnc3ccc(NC4=NC5(CO4)CN(C(=O)OC(C)(C)C)C5)cc23)ccc1Oc1cc2nncn2cn1. The van der Waals surface area contributed by atoms with E-state index < -0.39 is 11.1 Å². The average molecular weight is 595 g/mol. The number of nitrogens with zero attached hydrogens (tertiary/aromatic N) is 8. The summed E-state index contributed by atoms with van der Waals surface area (Å²) in [7, 11) is 0. The Balaban J connectivity index is 1.04. The van der Waals surface area contributed by atoms with Crippen LogP contribution in [0.2, 0.25) is 0 Å². The molecule has 2 N–H and O–H groups in total. The highest BCUT2D eigenvalue weighted by molar-refractivity contribution is 5.97. The molecule has 5 heterocycles. The molecule has 0 unspecified atom stereocenters. The molecule has 0 atom stereocenters. The molecule has 2 aromatic carbocycles. The van der Waals surface area contributed by atoms with Crippen LogP contribution in [0.1, 0.15) is 26.3 Å². The van der Waals surface area contributed by atoms with Crippen LogP contribution in [0.3, 0.4) is 0 Å². The molecule has 5 aromatic rings. The van der Waals surface area contributed by atoms with Gasteiger partial charge in [-0.3, -0.25) is 4.40 Å². The summed E-state index contributed by atoms with van der Waals surface area (Å²) in [6, 6.07) is 13.6. The molecule has 2 aliphatic rings. The number of aromatic nitrogens is 6. The molecule has 1 saturated heterocycles. The second kappa shape index (κ2) is 10.3. The molecule has 3 aromatic heterocycles. The molecule has 0 saturated carbocycles. The summed E-state index contributed by atoms with van der Waals surface area (Å²) in [5.41, 5.74) is 2.93. The number of hydrogen-bond donors (Lipinski definition) is 2. The van der Waals surface area contributed by atoms with Gasteiger partial charge in [0.25, 0.3) is 6.02 Å². The Labute approximate surface area is 252 Å². The largest absolute Gasteiger partial charge is 0.462 e. The molecule has 1 spiro atoms. The van der Waals surface area contributed by atoms with Gasteiger partial charge in [0, 0.05) is 22.8 Å². The van der Waals surface area contributed by atoms with Gasteiger partial charge in [-0.2, -0.15) is 0 Å². The standard InChI is InChI=1S/C30H30N10O4/c1-18-9-19(6-8-23(18)43-25-11-24-38-34-17-40(24)16-33-25)35-26-21-10-20(5-7-22(21)31-15-32-26)36-27-37-30(14-42-27)12-39(13-30)28(41)44-29(2,3)4/h5-11,15-17H,12-14H2,1-4H3,(H,36,37)(H,31,32,35). The number of anilines is 3. The molecule has 14 nitrogen and oxygen atoms in total. The van der Waals surface area contributed by atoms with Crippen molar-refractivity contribution in [1.82, 2.24) is 34.4 Å². The monoisotopic (exact) mass is 594 g/mol. The van der Waals surface area contributed by atoms with Gasteiger partial charge in [0.05, 0.1) is 18.6 Å². The molecular formula is C30H30N10O4. The zero-order valence-electron chi connectivity index (χ0n) is 24.6. The highest BCUT2D eigenvalue weighted by Gasteiger charge is 2.50. The Morgan fingerprint density at radius 2 is 1.82 bits per heavy atom. The van der Waals surface area contributed by atoms with Gasteiger partial charge in [-0.1, -0.05) is 0 Å². The highest BCUT2D eigenvalue weighted by atomic mass is 16.6. The first-order valence-corrected chi connectivity index (χ1v) is 14.0. The van der Waals surface area contributed by atoms with Crippen molar-refractivity contribution in [3.8, 4) is 11.6 Å². The molecule has 7 rings (SSSR count). The molecule has 224 valence electrons. The fourth-order valence-corrected chi connectivity index (χ4v) is 5.04. The molecule has 0 bridgehead atoms. The lowest BCUT2D eigenvalue weighted by Crippen LogP contribution is -2.63. The summed E-state index contributed by atoms with van der Waals surface area (Å²) in [6.07, 6.45) is 4.37. The first-order chi connectivity index (χ1) is 21.1. The van der Waals surface area contributed by atoms with Gasteiger partial charge in [0.15, 0.2) is 5.65 Å². The Kier molecular flexibility index (Phi) is 6.41. The minimum Gasteiger partial charge on any atom is -0.462 e. The van der Waals surface area contributed by atoms with Gasteiger partial charge in [-0.25, -0.2) is 24.7 Å². The van der Waals surface area contributed by atoms with E-state index in [2.05, 4.69) is 35.8 Å². The second-order valence-corrected chi connectivity index (χ2v) is 11.9. The quantitative estimate of drug-likeness (QED) is 0.291. The molecule has 0 radical (unpaired) electrons. The maximum Gasteiger partial charge on any atom is 0.410 e. The highest BCUT2D eigenvalue weighted by Crippen LogP contribution is 2.33. The third kappa shape index (κ3) is 5.48. The van der Waals surface area contributed by atoms with E-state index in [1.54, 1.807) is 28.0 Å². The molecule has 1 fully saturated rings. The van der Waals surface area contributed by atoms with E-state index in [0.717, 1.165) is 27.8 Å². The van der Waals surface area contributed by atoms with Crippen LogP contribution in [-0.4, -0.2) is 77.4 Å². The number of rotatable bonds is 5. The Morgan fingerprint density at radius 1 is 1.00 bits per heavy atom. The van der Waals surface area contributed by atoms with Crippen molar-refractivity contribution in [2.75, 3.05) is 30.3 Å². The second-order valence-electron chi connectivity index (χ2n) is 11.9. The number of hydrogen-bond acceptors (Lipinski definition) is 12. The zero-order chi connectivity index (χ0) is 30.5. The molecule has 2 aliphatic heterocycles. The van der Waals surface area contributed by atoms with Crippen molar-refractivity contribution in [3.05, 3.63) is 67.0 Å². The number of ether oxygens (including phenoxy) is 3. The Morgan fingerprint density at radius 3 is 2.64 bits per heavy atom. The normalized spacial score (nSPS) is 15.5. The number of amidine groups is 1. The average Bonchev–Trinajstić information content (AvgIpc) is 3.60. The third-order valence-electron chi connectivity index (χ3n) is 7.14. The maximum atomic E-state index is 12.3. The summed E-state index contributed by atoms with van der Waals surface area (Å²) in [5, 5.41) is 15.4. The smallest absolute Gasteiger partial charge is 0.410 e. The predicted octanol–water partition coefficient (Wildman–Crippen LogP) is 4.70. The summed E-state index contributed by atoms with van der Waals surface area (Å²) >= 11 is 0. The summed E-state index contributed by atoms with van der Waals surface area (Å²) in [6.45, 7) is 8.80. The third-order valence-corrected chi connectivity index (χ3v) is 7.14. The zero-order valence-corrected chi connectivity index (χ0v) is 24.6. The number of amides is 1. The molecule has 44 heavy (non-hydrogen) atoms. The van der Waals surface area contributed by atoms with Crippen molar-refractivity contribution >= 4 is 45.9 Å². The number of nitrogens with one attached hydrogen (secondary N) is 2. The summed E-state index contributed by atoms with van der Waals surface area (Å²) < 4.78 is 19.0. The van der Waals surface area contributed by atoms with Gasteiger partial charge in [-0.15, -0.1) is 10.2 Å². The number of benzene rings is 2. The number of aliphatic imine (C=N–C) groups is 1. The van der Waals surface area contributed by atoms with Crippen molar-refractivity contribution < 1.29 is 19.0 Å². The van der Waals surface area contributed by atoms with E-state index in [9.17, 15) is 4.79 Å². The lowest BCUT2D eigenvalue weighted by Gasteiger charge is -2.44. The lowest BCUT2D eigenvalue weighted by molar-refractivity contribution is -0.0116. The minimum atomic E-state index is -0.542. The van der Waals surface area contributed by atoms with E-state index in [1.807, 2.05) is 64.1 Å². The lowest BCUT2D eigenvalue weighted by atomic mass is 9.93. The van der Waals surface area contributed by atoms with Gasteiger partial charge < -0.3 is 29.7 Å². The van der Waals surface area contributed by atoms with Crippen molar-refractivity contribution in [1.29, 1.82) is 0 Å². The van der Waals surface area contributed by atoms with Crippen molar-refractivity contribution in [2.24, 2.45) is 4.99 Å². The van der Waals surface area contributed by atoms with Crippen molar-refractivity contribution in [2.45, 2.75) is 38.8 Å². The van der Waals surface area contributed by atoms with Gasteiger partial charge in [0.2, 0.25) is 5.88 Å². The first-order valence-electron chi connectivity index (χ1n) is 14.0. The molecule has 14 heteroatoms. The number of aryl methyl sites for hydroxylation is 1. The number of fused-ring (bicyclic) bond motifs is 2. The van der Waals surface area contributed by atoms with Crippen LogP contribution in [0.15, 0.2) is 66.4 Å². The van der Waals surface area contributed by atoms with Crippen LogP contribution in [0.4, 0.5) is 22.0 Å². The van der Waals surface area contributed by atoms with E-state index in [-0.39, 0.29) is 6.09 Å². The van der Waals surface area contributed by atoms with E-state index in [4.69, 9.17) is 19.2 Å². The minimum absolute atomic E-state index is 0.339. The molecule has 0 aliphatic carbocycles. The Hall–Kier alpha value is -5.53. The van der Waals surface area contributed by atoms with Gasteiger partial charge in [-0.05, 0) is 69.7 Å². The summed E-state index contributed by atoms with van der Waals surface area (Å²) in [4.78, 5) is 32.0. The van der Waals surface area contributed by atoms with Crippen LogP contribution >= 0.6 is 0 Å². The van der Waals surface area contributed by atoms with Crippen LogP contribution in [0, 0.1) is 6.92 Å². The molecular weight excluding hydrogens is 564 g/mol. The van der Waals surface area contributed by atoms with Crippen LogP contribution in [-0.2, 0) is 9.47 Å².